The Labute approximate surface area is 132 Å². The minimum atomic E-state index is -3.51. The standard InChI is InChI=1S/C13H15BrN4O2S/c1-17-12(15-16-13(17)14)11-8-5-9-18(11)21(19,20)10-6-3-2-4-7-10/h2-4,6-7,11H,5,8-9H2,1H3/t11-/m0/s1. The van der Waals surface area contributed by atoms with Crippen LogP contribution in [0, 0.1) is 0 Å². The maximum atomic E-state index is 12.8. The minimum Gasteiger partial charge on any atom is -0.307 e. The Hall–Kier alpha value is -1.25. The van der Waals surface area contributed by atoms with Gasteiger partial charge in [-0.3, -0.25) is 0 Å². The summed E-state index contributed by atoms with van der Waals surface area (Å²) in [5.74, 6) is 0.666. The van der Waals surface area contributed by atoms with Crippen molar-refractivity contribution in [1.29, 1.82) is 0 Å². The van der Waals surface area contributed by atoms with Gasteiger partial charge in [0.05, 0.1) is 10.9 Å². The van der Waals surface area contributed by atoms with Crippen LogP contribution in [0.1, 0.15) is 24.7 Å². The van der Waals surface area contributed by atoms with Crippen LogP contribution in [0.5, 0.6) is 0 Å². The lowest BCUT2D eigenvalue weighted by atomic mass is 10.2. The van der Waals surface area contributed by atoms with Crippen molar-refractivity contribution in [2.45, 2.75) is 23.8 Å². The molecule has 2 aromatic rings. The van der Waals surface area contributed by atoms with Crippen molar-refractivity contribution in [2.24, 2.45) is 7.05 Å². The molecule has 1 aromatic heterocycles. The van der Waals surface area contributed by atoms with Gasteiger partial charge in [-0.05, 0) is 40.9 Å². The molecule has 0 aliphatic carbocycles. The van der Waals surface area contributed by atoms with Crippen LogP contribution in [-0.2, 0) is 17.1 Å². The summed E-state index contributed by atoms with van der Waals surface area (Å²) >= 11 is 3.30. The van der Waals surface area contributed by atoms with Crippen LogP contribution in [0.3, 0.4) is 0 Å². The lowest BCUT2D eigenvalue weighted by molar-refractivity contribution is 0.376. The van der Waals surface area contributed by atoms with Crippen LogP contribution in [0.15, 0.2) is 40.0 Å². The number of rotatable bonds is 3. The third-order valence-electron chi connectivity index (χ3n) is 3.71. The lowest BCUT2D eigenvalue weighted by Gasteiger charge is -2.23. The molecule has 0 saturated carbocycles. The zero-order valence-corrected chi connectivity index (χ0v) is 13.9. The molecule has 1 atom stereocenters. The van der Waals surface area contributed by atoms with Gasteiger partial charge in [-0.25, -0.2) is 8.42 Å². The summed E-state index contributed by atoms with van der Waals surface area (Å²) in [4.78, 5) is 0.318. The molecule has 3 rings (SSSR count). The summed E-state index contributed by atoms with van der Waals surface area (Å²) in [5, 5.41) is 8.07. The molecule has 1 aromatic carbocycles. The normalized spacial score (nSPS) is 20.0. The van der Waals surface area contributed by atoms with Gasteiger partial charge < -0.3 is 4.57 Å². The third kappa shape index (κ3) is 2.51. The highest BCUT2D eigenvalue weighted by Crippen LogP contribution is 2.35. The van der Waals surface area contributed by atoms with Gasteiger partial charge in [0.15, 0.2) is 10.6 Å². The summed E-state index contributed by atoms with van der Waals surface area (Å²) in [5.41, 5.74) is 0. The van der Waals surface area contributed by atoms with E-state index in [1.807, 2.05) is 7.05 Å². The van der Waals surface area contributed by atoms with Crippen LogP contribution >= 0.6 is 15.9 Å². The summed E-state index contributed by atoms with van der Waals surface area (Å²) in [6, 6.07) is 8.25. The predicted molar refractivity (Wildman–Crippen MR) is 81.0 cm³/mol. The van der Waals surface area contributed by atoms with E-state index in [2.05, 4.69) is 26.1 Å². The Morgan fingerprint density at radius 1 is 1.24 bits per heavy atom. The van der Waals surface area contributed by atoms with Gasteiger partial charge in [0.25, 0.3) is 0 Å². The second kappa shape index (κ2) is 5.51. The number of benzene rings is 1. The number of halogens is 1. The van der Waals surface area contributed by atoms with Crippen molar-refractivity contribution in [3.05, 3.63) is 40.9 Å². The van der Waals surface area contributed by atoms with Crippen molar-refractivity contribution in [1.82, 2.24) is 19.1 Å². The van der Waals surface area contributed by atoms with Crippen molar-refractivity contribution in [3.8, 4) is 0 Å². The van der Waals surface area contributed by atoms with Gasteiger partial charge in [-0.1, -0.05) is 18.2 Å². The highest BCUT2D eigenvalue weighted by atomic mass is 79.9. The first-order valence-corrected chi connectivity index (χ1v) is 8.87. The van der Waals surface area contributed by atoms with E-state index < -0.39 is 10.0 Å². The molecule has 1 fully saturated rings. The molecule has 2 heterocycles. The predicted octanol–water partition coefficient (Wildman–Crippen LogP) is 2.10. The van der Waals surface area contributed by atoms with Gasteiger partial charge in [-0.2, -0.15) is 4.31 Å². The average molecular weight is 371 g/mol. The van der Waals surface area contributed by atoms with Gasteiger partial charge in [0.1, 0.15) is 0 Å². The Kier molecular flexibility index (Phi) is 3.85. The summed E-state index contributed by atoms with van der Waals surface area (Å²) in [6.07, 6.45) is 1.58. The Morgan fingerprint density at radius 2 is 1.95 bits per heavy atom. The Balaban J connectivity index is 2.00. The molecule has 0 amide bonds. The van der Waals surface area contributed by atoms with E-state index in [4.69, 9.17) is 0 Å². The molecule has 0 radical (unpaired) electrons. The number of sulfonamides is 1. The highest BCUT2D eigenvalue weighted by molar-refractivity contribution is 9.10. The largest absolute Gasteiger partial charge is 0.307 e. The highest BCUT2D eigenvalue weighted by Gasteiger charge is 2.38. The number of hydrogen-bond acceptors (Lipinski definition) is 4. The Bertz CT molecular complexity index is 745. The molecule has 0 unspecified atom stereocenters. The van der Waals surface area contributed by atoms with E-state index >= 15 is 0 Å². The summed E-state index contributed by atoms with van der Waals surface area (Å²) < 4.78 is 29.5. The molecular weight excluding hydrogens is 356 g/mol. The molecule has 112 valence electrons. The van der Waals surface area contributed by atoms with Crippen LogP contribution in [0.4, 0.5) is 0 Å². The third-order valence-corrected chi connectivity index (χ3v) is 6.32. The second-order valence-corrected chi connectivity index (χ2v) is 7.57. The molecule has 1 aliphatic heterocycles. The molecule has 1 saturated heterocycles. The summed E-state index contributed by atoms with van der Waals surface area (Å²) in [6.45, 7) is 0.506. The van der Waals surface area contributed by atoms with Crippen molar-refractivity contribution < 1.29 is 8.42 Å². The molecular formula is C13H15BrN4O2S. The van der Waals surface area contributed by atoms with Gasteiger partial charge in [0.2, 0.25) is 10.0 Å². The van der Waals surface area contributed by atoms with Crippen LogP contribution in [0.2, 0.25) is 0 Å². The second-order valence-electron chi connectivity index (χ2n) is 4.97. The van der Waals surface area contributed by atoms with E-state index in [1.54, 1.807) is 34.9 Å². The first-order valence-electron chi connectivity index (χ1n) is 6.63. The van der Waals surface area contributed by atoms with E-state index in [-0.39, 0.29) is 6.04 Å². The maximum Gasteiger partial charge on any atom is 0.243 e. The zero-order valence-electron chi connectivity index (χ0n) is 11.5. The van der Waals surface area contributed by atoms with Gasteiger partial charge in [0, 0.05) is 13.6 Å². The molecule has 8 heteroatoms. The quantitative estimate of drug-likeness (QED) is 0.829. The van der Waals surface area contributed by atoms with E-state index in [9.17, 15) is 8.42 Å². The molecule has 0 bridgehead atoms. The van der Waals surface area contributed by atoms with Crippen LogP contribution in [0.25, 0.3) is 0 Å². The van der Waals surface area contributed by atoms with Gasteiger partial charge in [-0.15, -0.1) is 10.2 Å². The average Bonchev–Trinajstić information content (AvgIpc) is 3.08. The minimum absolute atomic E-state index is 0.265. The molecule has 0 spiro atoms. The smallest absolute Gasteiger partial charge is 0.243 e. The first kappa shape index (κ1) is 14.7. The van der Waals surface area contributed by atoms with Crippen molar-refractivity contribution in [3.63, 3.8) is 0 Å². The maximum absolute atomic E-state index is 12.8. The van der Waals surface area contributed by atoms with Gasteiger partial charge >= 0.3 is 0 Å². The Morgan fingerprint density at radius 3 is 2.57 bits per heavy atom. The summed E-state index contributed by atoms with van der Waals surface area (Å²) in [7, 11) is -1.68. The van der Waals surface area contributed by atoms with E-state index in [0.29, 0.717) is 22.0 Å². The number of nitrogens with zero attached hydrogens (tertiary/aromatic N) is 4. The molecule has 0 N–H and O–H groups in total. The van der Waals surface area contributed by atoms with E-state index in [0.717, 1.165) is 12.8 Å². The fourth-order valence-corrected chi connectivity index (χ4v) is 4.56. The number of hydrogen-bond donors (Lipinski definition) is 0. The molecule has 21 heavy (non-hydrogen) atoms. The fourth-order valence-electron chi connectivity index (χ4n) is 2.63. The molecule has 1 aliphatic rings. The lowest BCUT2D eigenvalue weighted by Crippen LogP contribution is -2.32. The topological polar surface area (TPSA) is 68.1 Å². The van der Waals surface area contributed by atoms with Crippen molar-refractivity contribution >= 4 is 26.0 Å². The monoisotopic (exact) mass is 370 g/mol. The van der Waals surface area contributed by atoms with Crippen LogP contribution < -0.4 is 0 Å². The van der Waals surface area contributed by atoms with Crippen molar-refractivity contribution in [2.75, 3.05) is 6.54 Å². The van der Waals surface area contributed by atoms with Crippen LogP contribution in [-0.4, -0.2) is 34.0 Å². The zero-order chi connectivity index (χ0) is 15.0. The van der Waals surface area contributed by atoms with E-state index in [1.165, 1.54) is 4.31 Å². The molecule has 6 nitrogen and oxygen atoms in total. The number of aromatic nitrogens is 3. The SMILES string of the molecule is Cn1c(Br)nnc1[C@@H]1CCCN1S(=O)(=O)c1ccccc1. The first-order chi connectivity index (χ1) is 10.0. The fraction of sp³-hybridized carbons (Fsp3) is 0.385.